The SMILES string of the molecule is COC[C@H](C)N1Cc2c(n(CC(=O)Nc3ccc(Cl)cn3)c(Nc3ccc(Oc4ccccn4)cc3)nc2=O)C1=O. The van der Waals surface area contributed by atoms with Crippen molar-refractivity contribution >= 4 is 40.9 Å². The maximum Gasteiger partial charge on any atom is 0.280 e. The molecule has 3 aromatic heterocycles. The van der Waals surface area contributed by atoms with E-state index in [4.69, 9.17) is 21.1 Å². The van der Waals surface area contributed by atoms with Gasteiger partial charge in [-0.15, -0.1) is 0 Å². The lowest BCUT2D eigenvalue weighted by molar-refractivity contribution is -0.116. The third-order valence-corrected chi connectivity index (χ3v) is 6.50. The summed E-state index contributed by atoms with van der Waals surface area (Å²) in [6.07, 6.45) is 3.03. The summed E-state index contributed by atoms with van der Waals surface area (Å²) in [7, 11) is 1.54. The normalized spacial score (nSPS) is 13.0. The maximum atomic E-state index is 13.6. The number of hydrogen-bond donors (Lipinski definition) is 2. The van der Waals surface area contributed by atoms with Crippen molar-refractivity contribution < 1.29 is 19.1 Å². The van der Waals surface area contributed by atoms with Crippen molar-refractivity contribution in [1.82, 2.24) is 24.4 Å². The van der Waals surface area contributed by atoms with Crippen molar-refractivity contribution in [3.05, 3.63) is 93.6 Å². The van der Waals surface area contributed by atoms with Crippen molar-refractivity contribution in [2.45, 2.75) is 26.1 Å². The van der Waals surface area contributed by atoms with E-state index < -0.39 is 17.4 Å². The van der Waals surface area contributed by atoms with Gasteiger partial charge in [0.2, 0.25) is 17.7 Å². The van der Waals surface area contributed by atoms with Crippen molar-refractivity contribution in [3.63, 3.8) is 0 Å². The second-order valence-electron chi connectivity index (χ2n) is 9.22. The van der Waals surface area contributed by atoms with E-state index >= 15 is 0 Å². The van der Waals surface area contributed by atoms with Gasteiger partial charge in [-0.05, 0) is 49.4 Å². The van der Waals surface area contributed by atoms with E-state index in [-0.39, 0.29) is 48.8 Å². The van der Waals surface area contributed by atoms with Gasteiger partial charge in [0.1, 0.15) is 23.8 Å². The lowest BCUT2D eigenvalue weighted by Gasteiger charge is -2.23. The van der Waals surface area contributed by atoms with E-state index in [1.165, 1.54) is 22.8 Å². The number of halogens is 1. The smallest absolute Gasteiger partial charge is 0.280 e. The molecule has 2 N–H and O–H groups in total. The molecule has 210 valence electrons. The van der Waals surface area contributed by atoms with Gasteiger partial charge in [-0.2, -0.15) is 4.98 Å². The first-order valence-corrected chi connectivity index (χ1v) is 13.0. The molecule has 41 heavy (non-hydrogen) atoms. The van der Waals surface area contributed by atoms with Crippen LogP contribution in [0.3, 0.4) is 0 Å². The van der Waals surface area contributed by atoms with Crippen LogP contribution in [0, 0.1) is 0 Å². The molecular formula is C28H26ClN7O5. The van der Waals surface area contributed by atoms with Crippen molar-refractivity contribution in [2.24, 2.45) is 0 Å². The van der Waals surface area contributed by atoms with Crippen LogP contribution in [0.25, 0.3) is 0 Å². The number of carbonyl (C=O) groups excluding carboxylic acids is 2. The van der Waals surface area contributed by atoms with Crippen molar-refractivity contribution in [2.75, 3.05) is 24.4 Å². The second kappa shape index (κ2) is 12.1. The van der Waals surface area contributed by atoms with Crippen molar-refractivity contribution in [3.8, 4) is 11.6 Å². The van der Waals surface area contributed by atoms with E-state index in [9.17, 15) is 14.4 Å². The first-order chi connectivity index (χ1) is 19.8. The molecular weight excluding hydrogens is 550 g/mol. The van der Waals surface area contributed by atoms with Gasteiger partial charge in [0.25, 0.3) is 11.5 Å². The monoisotopic (exact) mass is 575 g/mol. The van der Waals surface area contributed by atoms with Crippen LogP contribution < -0.4 is 20.9 Å². The number of fused-ring (bicyclic) bond motifs is 1. The quantitative estimate of drug-likeness (QED) is 0.288. The van der Waals surface area contributed by atoms with Gasteiger partial charge in [-0.3, -0.25) is 19.0 Å². The number of carbonyl (C=O) groups is 2. The molecule has 4 heterocycles. The summed E-state index contributed by atoms with van der Waals surface area (Å²) in [6, 6.07) is 15.0. The Bertz CT molecular complexity index is 1610. The third kappa shape index (κ3) is 6.34. The van der Waals surface area contributed by atoms with Crippen LogP contribution in [-0.2, 0) is 22.6 Å². The lowest BCUT2D eigenvalue weighted by atomic mass is 10.2. The Balaban J connectivity index is 1.46. The number of benzene rings is 1. The molecule has 0 unspecified atom stereocenters. The van der Waals surface area contributed by atoms with Gasteiger partial charge >= 0.3 is 0 Å². The van der Waals surface area contributed by atoms with Crippen LogP contribution in [-0.4, -0.2) is 56.0 Å². The number of aromatic nitrogens is 4. The first-order valence-electron chi connectivity index (χ1n) is 12.6. The molecule has 4 aromatic rings. The number of pyridine rings is 2. The zero-order valence-corrected chi connectivity index (χ0v) is 23.0. The highest BCUT2D eigenvalue weighted by atomic mass is 35.5. The summed E-state index contributed by atoms with van der Waals surface area (Å²) in [5, 5.41) is 6.18. The Morgan fingerprint density at radius 1 is 1.10 bits per heavy atom. The molecule has 0 saturated carbocycles. The Hall–Kier alpha value is -4.81. The fourth-order valence-electron chi connectivity index (χ4n) is 4.34. The molecule has 0 spiro atoms. The van der Waals surface area contributed by atoms with Crippen LogP contribution in [0.15, 0.2) is 71.8 Å². The van der Waals surface area contributed by atoms with Crippen molar-refractivity contribution in [1.29, 1.82) is 0 Å². The van der Waals surface area contributed by atoms with E-state index in [1.807, 2.05) is 13.0 Å². The largest absolute Gasteiger partial charge is 0.439 e. The van der Waals surface area contributed by atoms with E-state index in [1.54, 1.807) is 54.7 Å². The van der Waals surface area contributed by atoms with Crippen LogP contribution >= 0.6 is 11.6 Å². The molecule has 13 heteroatoms. The molecule has 12 nitrogen and oxygen atoms in total. The molecule has 0 radical (unpaired) electrons. The number of amides is 2. The summed E-state index contributed by atoms with van der Waals surface area (Å²) in [5.41, 5.74) is 0.285. The number of nitrogens with zero attached hydrogens (tertiary/aromatic N) is 5. The highest BCUT2D eigenvalue weighted by Gasteiger charge is 2.37. The fraction of sp³-hybridized carbons (Fsp3) is 0.214. The average molecular weight is 576 g/mol. The zero-order chi connectivity index (χ0) is 28.9. The second-order valence-corrected chi connectivity index (χ2v) is 9.66. The molecule has 0 bridgehead atoms. The van der Waals surface area contributed by atoms with Gasteiger partial charge < -0.3 is 25.0 Å². The summed E-state index contributed by atoms with van der Waals surface area (Å²) in [5.74, 6) is 0.413. The van der Waals surface area contributed by atoms with Gasteiger partial charge in [0, 0.05) is 31.3 Å². The number of anilines is 3. The van der Waals surface area contributed by atoms with Crippen LogP contribution in [0.2, 0.25) is 5.02 Å². The molecule has 1 atom stereocenters. The summed E-state index contributed by atoms with van der Waals surface area (Å²) in [4.78, 5) is 53.7. The number of nitrogens with one attached hydrogen (secondary N) is 2. The van der Waals surface area contributed by atoms with Crippen LogP contribution in [0.1, 0.15) is 23.0 Å². The van der Waals surface area contributed by atoms with E-state index in [0.717, 1.165) is 0 Å². The predicted molar refractivity (Wildman–Crippen MR) is 152 cm³/mol. The number of methoxy groups -OCH3 is 1. The highest BCUT2D eigenvalue weighted by molar-refractivity contribution is 6.30. The topological polar surface area (TPSA) is 141 Å². The van der Waals surface area contributed by atoms with Gasteiger partial charge in [0.15, 0.2) is 0 Å². The molecule has 1 aliphatic rings. The van der Waals surface area contributed by atoms with E-state index in [2.05, 4.69) is 25.6 Å². The Kier molecular flexibility index (Phi) is 8.22. The minimum atomic E-state index is -0.561. The summed E-state index contributed by atoms with van der Waals surface area (Å²) >= 11 is 5.89. The minimum Gasteiger partial charge on any atom is -0.439 e. The predicted octanol–water partition coefficient (Wildman–Crippen LogP) is 3.85. The van der Waals surface area contributed by atoms with Gasteiger partial charge in [-0.1, -0.05) is 17.7 Å². The maximum absolute atomic E-state index is 13.6. The van der Waals surface area contributed by atoms with E-state index in [0.29, 0.717) is 22.3 Å². The third-order valence-electron chi connectivity index (χ3n) is 6.28. The molecule has 1 aliphatic heterocycles. The fourth-order valence-corrected chi connectivity index (χ4v) is 4.45. The molecule has 5 rings (SSSR count). The molecule has 0 aliphatic carbocycles. The Morgan fingerprint density at radius 2 is 1.90 bits per heavy atom. The molecule has 0 fully saturated rings. The Morgan fingerprint density at radius 3 is 2.59 bits per heavy atom. The zero-order valence-electron chi connectivity index (χ0n) is 22.2. The minimum absolute atomic E-state index is 0.0287. The average Bonchev–Trinajstić information content (AvgIpc) is 3.31. The van der Waals surface area contributed by atoms with Crippen LogP contribution in [0.5, 0.6) is 11.6 Å². The lowest BCUT2D eigenvalue weighted by Crippen LogP contribution is -2.37. The summed E-state index contributed by atoms with van der Waals surface area (Å²) in [6.45, 7) is 1.84. The molecule has 0 saturated heterocycles. The van der Waals surface area contributed by atoms with Gasteiger partial charge in [0.05, 0.1) is 29.8 Å². The number of hydrogen-bond acceptors (Lipinski definition) is 9. The number of rotatable bonds is 10. The Labute approximate surface area is 239 Å². The van der Waals surface area contributed by atoms with Gasteiger partial charge in [-0.25, -0.2) is 9.97 Å². The summed E-state index contributed by atoms with van der Waals surface area (Å²) < 4.78 is 12.4. The van der Waals surface area contributed by atoms with Crippen LogP contribution in [0.4, 0.5) is 17.5 Å². The number of ether oxygens (including phenoxy) is 2. The first kappa shape index (κ1) is 27.7. The molecule has 1 aromatic carbocycles. The standard InChI is InChI=1S/C28H26ClN7O5/c1-17(16-40-2)35-14-21-25(27(35)39)36(15-23(37)33-22-11-6-18(29)13-31-22)28(34-26(21)38)32-19-7-9-20(10-8-19)41-24-5-3-4-12-30-24/h3-13,17H,14-16H2,1-2H3,(H,31,33,37)(H,32,34,38)/t17-/m0/s1. The molecule has 2 amide bonds. The highest BCUT2D eigenvalue weighted by Crippen LogP contribution is 2.27.